The summed E-state index contributed by atoms with van der Waals surface area (Å²) in [6.45, 7) is 5.84. The average molecular weight is 301 g/mol. The number of pyridine rings is 1. The summed E-state index contributed by atoms with van der Waals surface area (Å²) in [7, 11) is 1.76. The molecule has 3 N–H and O–H groups in total. The van der Waals surface area contributed by atoms with Crippen LogP contribution in [0.2, 0.25) is 0 Å². The van der Waals surface area contributed by atoms with Crippen LogP contribution in [0.4, 0.5) is 11.4 Å². The number of benzene rings is 1. The van der Waals surface area contributed by atoms with Crippen molar-refractivity contribution < 1.29 is 4.74 Å². The van der Waals surface area contributed by atoms with Crippen molar-refractivity contribution in [3.63, 3.8) is 0 Å². The molecule has 0 atom stereocenters. The van der Waals surface area contributed by atoms with E-state index in [0.717, 1.165) is 22.4 Å². The van der Waals surface area contributed by atoms with Gasteiger partial charge in [0.2, 0.25) is 0 Å². The van der Waals surface area contributed by atoms with Crippen LogP contribution in [0.15, 0.2) is 35.3 Å². The first-order valence-corrected chi connectivity index (χ1v) is 7.41. The molecule has 0 aliphatic carbocycles. The van der Waals surface area contributed by atoms with Gasteiger partial charge in [-0.15, -0.1) is 0 Å². The summed E-state index contributed by atoms with van der Waals surface area (Å²) in [6.07, 6.45) is 1.84. The smallest absolute Gasteiger partial charge is 0.253 e. The van der Waals surface area contributed by atoms with E-state index in [1.807, 2.05) is 44.3 Å². The molecule has 0 aliphatic rings. The zero-order chi connectivity index (χ0) is 16.1. The van der Waals surface area contributed by atoms with E-state index in [1.165, 1.54) is 0 Å². The fraction of sp³-hybridized carbons (Fsp3) is 0.353. The lowest BCUT2D eigenvalue weighted by molar-refractivity contribution is 0.158. The van der Waals surface area contributed by atoms with E-state index in [9.17, 15) is 4.79 Å². The number of rotatable bonds is 6. The SMILES string of the molecule is CCOCCNc1cc(-c2cc(C)c(=O)n(C)c2)ccc1N. The van der Waals surface area contributed by atoms with Crippen LogP contribution in [0.1, 0.15) is 12.5 Å². The highest BCUT2D eigenvalue weighted by Gasteiger charge is 2.06. The molecule has 0 saturated carbocycles. The van der Waals surface area contributed by atoms with Gasteiger partial charge in [0.25, 0.3) is 5.56 Å². The van der Waals surface area contributed by atoms with Gasteiger partial charge in [-0.05, 0) is 43.2 Å². The molecule has 0 spiro atoms. The zero-order valence-corrected chi connectivity index (χ0v) is 13.3. The van der Waals surface area contributed by atoms with Crippen LogP contribution < -0.4 is 16.6 Å². The number of ether oxygens (including phenoxy) is 1. The highest BCUT2D eigenvalue weighted by molar-refractivity contribution is 5.76. The average Bonchev–Trinajstić information content (AvgIpc) is 2.50. The molecule has 2 aromatic rings. The molecule has 2 rings (SSSR count). The molecule has 0 amide bonds. The molecule has 0 fully saturated rings. The van der Waals surface area contributed by atoms with Crippen LogP contribution in [-0.4, -0.2) is 24.3 Å². The maximum Gasteiger partial charge on any atom is 0.253 e. The van der Waals surface area contributed by atoms with Crippen LogP contribution in [-0.2, 0) is 11.8 Å². The second kappa shape index (κ2) is 7.13. The van der Waals surface area contributed by atoms with E-state index in [4.69, 9.17) is 10.5 Å². The number of nitrogens with two attached hydrogens (primary N) is 1. The molecule has 5 heteroatoms. The highest BCUT2D eigenvalue weighted by atomic mass is 16.5. The minimum absolute atomic E-state index is 0.0225. The van der Waals surface area contributed by atoms with Crippen LogP contribution in [0, 0.1) is 6.92 Å². The fourth-order valence-electron chi connectivity index (χ4n) is 2.33. The van der Waals surface area contributed by atoms with Crippen LogP contribution >= 0.6 is 0 Å². The number of aromatic nitrogens is 1. The first-order valence-electron chi connectivity index (χ1n) is 7.41. The Morgan fingerprint density at radius 1 is 1.27 bits per heavy atom. The normalized spacial score (nSPS) is 10.7. The summed E-state index contributed by atoms with van der Waals surface area (Å²) < 4.78 is 6.91. The molecule has 0 bridgehead atoms. The largest absolute Gasteiger partial charge is 0.397 e. The number of nitrogens with one attached hydrogen (secondary N) is 1. The summed E-state index contributed by atoms with van der Waals surface area (Å²) in [5, 5.41) is 3.28. The van der Waals surface area contributed by atoms with E-state index in [2.05, 4.69) is 5.32 Å². The van der Waals surface area contributed by atoms with Gasteiger partial charge in [0, 0.05) is 32.0 Å². The lowest BCUT2D eigenvalue weighted by atomic mass is 10.0. The molecule has 1 heterocycles. The molecule has 1 aromatic heterocycles. The zero-order valence-electron chi connectivity index (χ0n) is 13.3. The lowest BCUT2D eigenvalue weighted by Crippen LogP contribution is -2.18. The monoisotopic (exact) mass is 301 g/mol. The lowest BCUT2D eigenvalue weighted by Gasteiger charge is -2.12. The summed E-state index contributed by atoms with van der Waals surface area (Å²) in [5.74, 6) is 0. The third-order valence-electron chi connectivity index (χ3n) is 3.52. The molecular formula is C17H23N3O2. The standard InChI is InChI=1S/C17H23N3O2/c1-4-22-8-7-19-16-10-13(5-6-15(16)18)14-9-12(2)17(21)20(3)11-14/h5-6,9-11,19H,4,7-8,18H2,1-3H3. The molecular weight excluding hydrogens is 278 g/mol. The Labute approximate surface area is 130 Å². The van der Waals surface area contributed by atoms with E-state index in [-0.39, 0.29) is 5.56 Å². The Balaban J connectivity index is 2.27. The summed E-state index contributed by atoms with van der Waals surface area (Å²) in [6, 6.07) is 7.74. The van der Waals surface area contributed by atoms with E-state index in [0.29, 0.717) is 25.4 Å². The molecule has 0 aliphatic heterocycles. The summed E-state index contributed by atoms with van der Waals surface area (Å²) >= 11 is 0. The van der Waals surface area contributed by atoms with Gasteiger partial charge in [-0.3, -0.25) is 4.79 Å². The van der Waals surface area contributed by atoms with Gasteiger partial charge in [-0.1, -0.05) is 6.07 Å². The maximum atomic E-state index is 11.8. The first kappa shape index (κ1) is 16.1. The van der Waals surface area contributed by atoms with E-state index in [1.54, 1.807) is 11.6 Å². The van der Waals surface area contributed by atoms with E-state index >= 15 is 0 Å². The molecule has 5 nitrogen and oxygen atoms in total. The maximum absolute atomic E-state index is 11.8. The summed E-state index contributed by atoms with van der Waals surface area (Å²) in [4.78, 5) is 11.8. The second-order valence-corrected chi connectivity index (χ2v) is 5.25. The number of nitrogens with zero attached hydrogens (tertiary/aromatic N) is 1. The van der Waals surface area contributed by atoms with Gasteiger partial charge < -0.3 is 20.4 Å². The number of hydrogen-bond acceptors (Lipinski definition) is 4. The van der Waals surface area contributed by atoms with Crippen molar-refractivity contribution in [1.82, 2.24) is 4.57 Å². The number of anilines is 2. The molecule has 0 unspecified atom stereocenters. The van der Waals surface area contributed by atoms with Crippen molar-refractivity contribution in [1.29, 1.82) is 0 Å². The predicted octanol–water partition coefficient (Wildman–Crippen LogP) is 2.39. The topological polar surface area (TPSA) is 69.3 Å². The third kappa shape index (κ3) is 3.68. The number of aryl methyl sites for hydroxylation is 2. The third-order valence-corrected chi connectivity index (χ3v) is 3.52. The van der Waals surface area contributed by atoms with Gasteiger partial charge in [0.05, 0.1) is 18.0 Å². The highest BCUT2D eigenvalue weighted by Crippen LogP contribution is 2.27. The van der Waals surface area contributed by atoms with Crippen molar-refractivity contribution in [2.75, 3.05) is 30.8 Å². The van der Waals surface area contributed by atoms with Crippen LogP contribution in [0.3, 0.4) is 0 Å². The first-order chi connectivity index (χ1) is 10.5. The van der Waals surface area contributed by atoms with Crippen LogP contribution in [0.25, 0.3) is 11.1 Å². The van der Waals surface area contributed by atoms with Crippen molar-refractivity contribution in [2.24, 2.45) is 7.05 Å². The minimum atomic E-state index is 0.0225. The van der Waals surface area contributed by atoms with E-state index < -0.39 is 0 Å². The van der Waals surface area contributed by atoms with Crippen molar-refractivity contribution in [3.8, 4) is 11.1 Å². The Morgan fingerprint density at radius 3 is 2.73 bits per heavy atom. The second-order valence-electron chi connectivity index (χ2n) is 5.25. The van der Waals surface area contributed by atoms with Crippen molar-refractivity contribution in [2.45, 2.75) is 13.8 Å². The Bertz CT molecular complexity index is 681. The van der Waals surface area contributed by atoms with Gasteiger partial charge in [-0.25, -0.2) is 0 Å². The molecule has 22 heavy (non-hydrogen) atoms. The summed E-state index contributed by atoms with van der Waals surface area (Å²) in [5.41, 5.74) is 10.3. The Morgan fingerprint density at radius 2 is 2.05 bits per heavy atom. The molecule has 118 valence electrons. The van der Waals surface area contributed by atoms with Gasteiger partial charge in [0.1, 0.15) is 0 Å². The molecule has 0 saturated heterocycles. The van der Waals surface area contributed by atoms with Gasteiger partial charge in [0.15, 0.2) is 0 Å². The Hall–Kier alpha value is -2.27. The number of nitrogen functional groups attached to an aromatic ring is 1. The van der Waals surface area contributed by atoms with Crippen LogP contribution in [0.5, 0.6) is 0 Å². The number of hydrogen-bond donors (Lipinski definition) is 2. The van der Waals surface area contributed by atoms with Crippen molar-refractivity contribution >= 4 is 11.4 Å². The predicted molar refractivity (Wildman–Crippen MR) is 91.3 cm³/mol. The quantitative estimate of drug-likeness (QED) is 0.635. The fourth-order valence-corrected chi connectivity index (χ4v) is 2.33. The van der Waals surface area contributed by atoms with Gasteiger partial charge >= 0.3 is 0 Å². The Kier molecular flexibility index (Phi) is 5.22. The van der Waals surface area contributed by atoms with Gasteiger partial charge in [-0.2, -0.15) is 0 Å². The molecule has 1 aromatic carbocycles. The minimum Gasteiger partial charge on any atom is -0.397 e. The van der Waals surface area contributed by atoms with Crippen molar-refractivity contribution in [3.05, 3.63) is 46.4 Å². The molecule has 0 radical (unpaired) electrons.